The molecule has 0 aromatic heterocycles. The molecule has 3 fully saturated rings. The first-order valence-electron chi connectivity index (χ1n) is 13.8. The zero-order valence-corrected chi connectivity index (χ0v) is 23.6. The summed E-state index contributed by atoms with van der Waals surface area (Å²) in [6.45, 7) is 11.4. The first kappa shape index (κ1) is 29.3. The first-order valence-corrected chi connectivity index (χ1v) is 14.2. The van der Waals surface area contributed by atoms with Crippen molar-refractivity contribution in [2.75, 3.05) is 24.7 Å². The van der Waals surface area contributed by atoms with Gasteiger partial charge in [-0.15, -0.1) is 13.2 Å². The first-order chi connectivity index (χ1) is 18.7. The molecule has 0 aliphatic carbocycles. The van der Waals surface area contributed by atoms with E-state index in [9.17, 15) is 19.5 Å². The summed E-state index contributed by atoms with van der Waals surface area (Å²) in [7, 11) is 0. The van der Waals surface area contributed by atoms with E-state index in [4.69, 9.17) is 21.1 Å². The standard InChI is InChI=1S/C30H39ClN2O6/c1-5-8-9-10-18-38-28(37)24-23-26(35)33(21(7-3)19-34)25(30(23)16-15-29(24,4)39-30)27(36)32(17-6-2)22-13-11-20(31)12-14-22/h5-6,11-14,21,23-25,34H,1-2,7-10,15-19H2,3-4H3/t21-,23-,24-,25?,29+,30?/m0/s1. The number of anilines is 1. The molecule has 2 amide bonds. The van der Waals surface area contributed by atoms with Crippen molar-refractivity contribution in [3.63, 3.8) is 0 Å². The van der Waals surface area contributed by atoms with Gasteiger partial charge in [-0.05, 0) is 69.7 Å². The fraction of sp³-hybridized carbons (Fsp3) is 0.567. The Balaban J connectivity index is 1.73. The lowest BCUT2D eigenvalue weighted by Gasteiger charge is -2.39. The maximum absolute atomic E-state index is 14.5. The van der Waals surface area contributed by atoms with Crippen molar-refractivity contribution in [1.82, 2.24) is 4.90 Å². The van der Waals surface area contributed by atoms with Gasteiger partial charge >= 0.3 is 5.97 Å². The SMILES string of the molecule is C=CCCCCOC(=O)[C@@H]1[C@H]2C(=O)N([C@@H](CC)CO)C(C(=O)N(CC=C)c3ccc(Cl)cc3)C23CC[C@@]1(C)O3. The molecule has 2 bridgehead atoms. The van der Waals surface area contributed by atoms with Crippen LogP contribution in [0.2, 0.25) is 5.02 Å². The lowest BCUT2D eigenvalue weighted by Crippen LogP contribution is -2.59. The Morgan fingerprint density at radius 3 is 2.59 bits per heavy atom. The summed E-state index contributed by atoms with van der Waals surface area (Å²) < 4.78 is 12.3. The van der Waals surface area contributed by atoms with Crippen molar-refractivity contribution >= 4 is 35.1 Å². The number of fused-ring (bicyclic) bond motifs is 1. The highest BCUT2D eigenvalue weighted by atomic mass is 35.5. The number of carbonyl (C=O) groups excluding carboxylic acids is 3. The fourth-order valence-corrected chi connectivity index (χ4v) is 6.81. The summed E-state index contributed by atoms with van der Waals surface area (Å²) in [6.07, 6.45) is 7.22. The highest BCUT2D eigenvalue weighted by Crippen LogP contribution is 2.63. The summed E-state index contributed by atoms with van der Waals surface area (Å²) in [6, 6.07) is 5.25. The fourth-order valence-electron chi connectivity index (χ4n) is 6.68. The van der Waals surface area contributed by atoms with E-state index < -0.39 is 41.1 Å². The molecule has 1 spiro atoms. The zero-order valence-electron chi connectivity index (χ0n) is 22.8. The van der Waals surface area contributed by atoms with E-state index >= 15 is 0 Å². The van der Waals surface area contributed by atoms with Gasteiger partial charge in [0, 0.05) is 17.3 Å². The third-order valence-corrected chi connectivity index (χ3v) is 8.79. The summed E-state index contributed by atoms with van der Waals surface area (Å²) >= 11 is 6.09. The van der Waals surface area contributed by atoms with Crippen LogP contribution in [0, 0.1) is 11.8 Å². The summed E-state index contributed by atoms with van der Waals surface area (Å²) in [5.74, 6) is -2.87. The summed E-state index contributed by atoms with van der Waals surface area (Å²) in [5, 5.41) is 10.8. The van der Waals surface area contributed by atoms with Crippen molar-refractivity contribution in [1.29, 1.82) is 0 Å². The molecule has 4 rings (SSSR count). The second-order valence-electron chi connectivity index (χ2n) is 10.9. The normalized spacial score (nSPS) is 29.7. The minimum atomic E-state index is -1.20. The number of aliphatic hydroxyl groups is 1. The van der Waals surface area contributed by atoms with Crippen molar-refractivity contribution in [2.45, 2.75) is 75.7 Å². The number of rotatable bonds is 13. The highest BCUT2D eigenvalue weighted by Gasteiger charge is 2.79. The van der Waals surface area contributed by atoms with Gasteiger partial charge in [0.2, 0.25) is 5.91 Å². The van der Waals surface area contributed by atoms with Crippen LogP contribution < -0.4 is 4.90 Å². The number of halogens is 1. The highest BCUT2D eigenvalue weighted by molar-refractivity contribution is 6.30. The van der Waals surface area contributed by atoms with Crippen molar-refractivity contribution in [2.24, 2.45) is 11.8 Å². The Morgan fingerprint density at radius 1 is 1.26 bits per heavy atom. The van der Waals surface area contributed by atoms with Gasteiger partial charge in [0.25, 0.3) is 5.91 Å². The lowest BCUT2D eigenvalue weighted by atomic mass is 9.66. The lowest BCUT2D eigenvalue weighted by molar-refractivity contribution is -0.160. The van der Waals surface area contributed by atoms with Crippen LogP contribution in [0.4, 0.5) is 5.69 Å². The number of aliphatic hydroxyl groups excluding tert-OH is 1. The van der Waals surface area contributed by atoms with Crippen LogP contribution in [-0.4, -0.2) is 70.8 Å². The molecule has 3 aliphatic heterocycles. The van der Waals surface area contributed by atoms with Gasteiger partial charge in [-0.25, -0.2) is 0 Å². The molecule has 3 saturated heterocycles. The van der Waals surface area contributed by atoms with Gasteiger partial charge in [-0.1, -0.05) is 30.7 Å². The molecule has 212 valence electrons. The summed E-state index contributed by atoms with van der Waals surface area (Å²) in [4.78, 5) is 45.2. The molecule has 6 atom stereocenters. The van der Waals surface area contributed by atoms with Gasteiger partial charge in [0.1, 0.15) is 17.6 Å². The molecular weight excluding hydrogens is 520 g/mol. The molecule has 1 aromatic carbocycles. The molecule has 3 heterocycles. The molecule has 1 N–H and O–H groups in total. The Kier molecular flexibility index (Phi) is 8.88. The second-order valence-corrected chi connectivity index (χ2v) is 11.3. The Hall–Kier alpha value is -2.68. The minimum Gasteiger partial charge on any atom is -0.465 e. The number of allylic oxidation sites excluding steroid dienone is 1. The van der Waals surface area contributed by atoms with E-state index in [0.717, 1.165) is 12.8 Å². The topological polar surface area (TPSA) is 96.4 Å². The number of carbonyl (C=O) groups is 3. The number of ether oxygens (including phenoxy) is 2. The van der Waals surface area contributed by atoms with Gasteiger partial charge < -0.3 is 24.4 Å². The molecule has 3 aliphatic rings. The molecule has 0 saturated carbocycles. The molecular formula is C30H39ClN2O6. The van der Waals surface area contributed by atoms with Crippen LogP contribution in [0.5, 0.6) is 0 Å². The number of hydrogen-bond donors (Lipinski definition) is 1. The molecule has 1 aromatic rings. The monoisotopic (exact) mass is 558 g/mol. The molecule has 2 unspecified atom stereocenters. The third kappa shape index (κ3) is 5.03. The number of esters is 1. The maximum Gasteiger partial charge on any atom is 0.312 e. The second kappa shape index (κ2) is 11.8. The van der Waals surface area contributed by atoms with E-state index in [1.165, 1.54) is 4.90 Å². The number of unbranched alkanes of at least 4 members (excludes halogenated alkanes) is 2. The molecule has 8 nitrogen and oxygen atoms in total. The van der Waals surface area contributed by atoms with Gasteiger partial charge in [-0.3, -0.25) is 14.4 Å². The van der Waals surface area contributed by atoms with Gasteiger partial charge in [0.15, 0.2) is 0 Å². The van der Waals surface area contributed by atoms with E-state index in [0.29, 0.717) is 36.4 Å². The molecule has 39 heavy (non-hydrogen) atoms. The quantitative estimate of drug-likeness (QED) is 0.220. The van der Waals surface area contributed by atoms with Crippen LogP contribution in [-0.2, 0) is 23.9 Å². The number of benzene rings is 1. The predicted molar refractivity (Wildman–Crippen MR) is 149 cm³/mol. The predicted octanol–water partition coefficient (Wildman–Crippen LogP) is 4.29. The van der Waals surface area contributed by atoms with Gasteiger partial charge in [0.05, 0.1) is 30.8 Å². The number of amides is 2. The van der Waals surface area contributed by atoms with E-state index in [-0.39, 0.29) is 31.6 Å². The summed E-state index contributed by atoms with van der Waals surface area (Å²) in [5.41, 5.74) is -1.53. The van der Waals surface area contributed by atoms with Crippen LogP contribution in [0.3, 0.4) is 0 Å². The minimum absolute atomic E-state index is 0.198. The Labute approximate surface area is 235 Å². The maximum atomic E-state index is 14.5. The zero-order chi connectivity index (χ0) is 28.4. The number of hydrogen-bond acceptors (Lipinski definition) is 6. The Morgan fingerprint density at radius 2 is 1.97 bits per heavy atom. The smallest absolute Gasteiger partial charge is 0.312 e. The van der Waals surface area contributed by atoms with Crippen molar-refractivity contribution < 1.29 is 29.0 Å². The third-order valence-electron chi connectivity index (χ3n) is 8.54. The van der Waals surface area contributed by atoms with Crippen LogP contribution in [0.1, 0.15) is 52.4 Å². The van der Waals surface area contributed by atoms with E-state index in [1.54, 1.807) is 35.2 Å². The molecule has 0 radical (unpaired) electrons. The van der Waals surface area contributed by atoms with E-state index in [2.05, 4.69) is 13.2 Å². The van der Waals surface area contributed by atoms with Crippen LogP contribution in [0.25, 0.3) is 0 Å². The largest absolute Gasteiger partial charge is 0.465 e. The number of nitrogens with zero attached hydrogens (tertiary/aromatic N) is 2. The van der Waals surface area contributed by atoms with Gasteiger partial charge in [-0.2, -0.15) is 0 Å². The molecule has 9 heteroatoms. The van der Waals surface area contributed by atoms with E-state index in [1.807, 2.05) is 19.9 Å². The van der Waals surface area contributed by atoms with Crippen molar-refractivity contribution in [3.05, 3.63) is 54.6 Å². The average molecular weight is 559 g/mol. The number of likely N-dealkylation sites (tertiary alicyclic amines) is 1. The average Bonchev–Trinajstić information content (AvgIpc) is 3.49. The van der Waals surface area contributed by atoms with Crippen LogP contribution >= 0.6 is 11.6 Å². The van der Waals surface area contributed by atoms with Crippen molar-refractivity contribution in [3.8, 4) is 0 Å². The van der Waals surface area contributed by atoms with Crippen LogP contribution in [0.15, 0.2) is 49.6 Å². The Bertz CT molecular complexity index is 1110.